The highest BCUT2D eigenvalue weighted by molar-refractivity contribution is 14.1. The molecule has 1 aromatic rings. The van der Waals surface area contributed by atoms with E-state index in [4.69, 9.17) is 0 Å². The lowest BCUT2D eigenvalue weighted by molar-refractivity contribution is -0.619. The molecule has 0 aromatic carbocycles. The van der Waals surface area contributed by atoms with Crippen LogP contribution in [0.2, 0.25) is 0 Å². The predicted molar refractivity (Wildman–Crippen MR) is 42.9 cm³/mol. The molecular formula is C6H6INO. The molecule has 0 amide bonds. The molecule has 0 saturated heterocycles. The van der Waals surface area contributed by atoms with Crippen LogP contribution >= 0.6 is 22.6 Å². The zero-order valence-corrected chi connectivity index (χ0v) is 7.12. The van der Waals surface area contributed by atoms with Gasteiger partial charge in [0.2, 0.25) is 0 Å². The van der Waals surface area contributed by atoms with Crippen LogP contribution in [0.1, 0.15) is 5.56 Å². The summed E-state index contributed by atoms with van der Waals surface area (Å²) in [4.78, 5) is 0. The lowest BCUT2D eigenvalue weighted by atomic mass is 10.3. The zero-order chi connectivity index (χ0) is 6.85. The molecule has 3 heteroatoms. The summed E-state index contributed by atoms with van der Waals surface area (Å²) >= 11 is 2.02. The molecule has 0 aliphatic heterocycles. The van der Waals surface area contributed by atoms with Crippen LogP contribution < -0.4 is 4.73 Å². The van der Waals surface area contributed by atoms with Gasteiger partial charge in [-0.1, -0.05) is 0 Å². The van der Waals surface area contributed by atoms with E-state index in [9.17, 15) is 5.21 Å². The molecule has 0 radical (unpaired) electrons. The molecule has 1 aromatic heterocycles. The minimum atomic E-state index is 0.745. The molecule has 0 bridgehead atoms. The van der Waals surface area contributed by atoms with Crippen molar-refractivity contribution in [1.29, 1.82) is 0 Å². The largest absolute Gasteiger partial charge is 0.618 e. The summed E-state index contributed by atoms with van der Waals surface area (Å²) in [6, 6.07) is 3.65. The standard InChI is InChI=1S/C6H6INO/c1-5-3-2-4-8(9)6(5)7/h2-4H,1H3. The molecule has 0 unspecified atom stereocenters. The van der Waals surface area contributed by atoms with Gasteiger partial charge in [0.1, 0.15) is 0 Å². The minimum absolute atomic E-state index is 0.745. The average molecular weight is 235 g/mol. The summed E-state index contributed by atoms with van der Waals surface area (Å²) in [5.74, 6) is 0. The maximum absolute atomic E-state index is 10.7. The quantitative estimate of drug-likeness (QED) is 0.287. The Morgan fingerprint density at radius 2 is 2.33 bits per heavy atom. The summed E-state index contributed by atoms with van der Waals surface area (Å²) in [6.45, 7) is 1.91. The van der Waals surface area contributed by atoms with E-state index in [-0.39, 0.29) is 0 Å². The van der Waals surface area contributed by atoms with Crippen LogP contribution in [0.5, 0.6) is 0 Å². The third-order valence-corrected chi connectivity index (χ3v) is 2.41. The number of hydrogen-bond donors (Lipinski definition) is 0. The fourth-order valence-corrected chi connectivity index (χ4v) is 0.914. The summed E-state index contributed by atoms with van der Waals surface area (Å²) in [7, 11) is 0. The van der Waals surface area contributed by atoms with Gasteiger partial charge in [0.25, 0.3) is 3.70 Å². The molecule has 0 atom stereocenters. The van der Waals surface area contributed by atoms with Gasteiger partial charge in [-0.2, -0.15) is 4.73 Å². The molecule has 0 fully saturated rings. The molecule has 0 N–H and O–H groups in total. The number of pyridine rings is 1. The van der Waals surface area contributed by atoms with E-state index in [0.717, 1.165) is 14.0 Å². The fourth-order valence-electron chi connectivity index (χ4n) is 0.574. The Hall–Kier alpha value is -0.320. The van der Waals surface area contributed by atoms with Crippen LogP contribution in [0.15, 0.2) is 18.3 Å². The van der Waals surface area contributed by atoms with E-state index >= 15 is 0 Å². The Bertz CT molecular complexity index is 204. The highest BCUT2D eigenvalue weighted by atomic mass is 127. The average Bonchev–Trinajstić information content (AvgIpc) is 1.83. The van der Waals surface area contributed by atoms with Crippen LogP contribution in [-0.4, -0.2) is 0 Å². The smallest absolute Gasteiger partial charge is 0.255 e. The predicted octanol–water partition coefficient (Wildman–Crippen LogP) is 1.23. The molecule has 0 saturated carbocycles. The van der Waals surface area contributed by atoms with Crippen molar-refractivity contribution >= 4 is 22.6 Å². The molecule has 0 aliphatic rings. The Morgan fingerprint density at radius 3 is 2.78 bits per heavy atom. The van der Waals surface area contributed by atoms with E-state index in [2.05, 4.69) is 0 Å². The van der Waals surface area contributed by atoms with Crippen molar-refractivity contribution in [3.05, 3.63) is 32.8 Å². The highest BCUT2D eigenvalue weighted by Crippen LogP contribution is 2.02. The Kier molecular flexibility index (Phi) is 1.90. The topological polar surface area (TPSA) is 26.9 Å². The maximum Gasteiger partial charge on any atom is 0.255 e. The summed E-state index contributed by atoms with van der Waals surface area (Å²) in [6.07, 6.45) is 1.49. The first kappa shape index (κ1) is 6.80. The van der Waals surface area contributed by atoms with Crippen molar-refractivity contribution in [2.24, 2.45) is 0 Å². The first-order valence-electron chi connectivity index (χ1n) is 2.56. The number of rotatable bonds is 0. The summed E-state index contributed by atoms with van der Waals surface area (Å²) in [5, 5.41) is 10.7. The van der Waals surface area contributed by atoms with E-state index in [1.54, 1.807) is 6.07 Å². The monoisotopic (exact) mass is 235 g/mol. The Labute approximate surface area is 67.2 Å². The Morgan fingerprint density at radius 1 is 1.67 bits per heavy atom. The van der Waals surface area contributed by atoms with Gasteiger partial charge in [-0.3, -0.25) is 0 Å². The van der Waals surface area contributed by atoms with Gasteiger partial charge in [-0.05, 0) is 13.0 Å². The van der Waals surface area contributed by atoms with Crippen molar-refractivity contribution in [2.75, 3.05) is 0 Å². The Balaban J connectivity index is 3.25. The molecule has 0 aliphatic carbocycles. The second kappa shape index (κ2) is 2.51. The number of aryl methyl sites for hydroxylation is 1. The number of aromatic nitrogens is 1. The van der Waals surface area contributed by atoms with E-state index in [1.807, 2.05) is 35.6 Å². The number of hydrogen-bond acceptors (Lipinski definition) is 1. The minimum Gasteiger partial charge on any atom is -0.618 e. The second-order valence-electron chi connectivity index (χ2n) is 1.81. The zero-order valence-electron chi connectivity index (χ0n) is 4.97. The van der Waals surface area contributed by atoms with Crippen LogP contribution in [-0.2, 0) is 0 Å². The SMILES string of the molecule is Cc1ccc[n+]([O-])c1I. The van der Waals surface area contributed by atoms with Crippen molar-refractivity contribution in [3.63, 3.8) is 0 Å². The normalized spacial score (nSPS) is 9.56. The van der Waals surface area contributed by atoms with E-state index < -0.39 is 0 Å². The van der Waals surface area contributed by atoms with Crippen LogP contribution in [0.3, 0.4) is 0 Å². The van der Waals surface area contributed by atoms with Gasteiger partial charge in [0, 0.05) is 34.2 Å². The third kappa shape index (κ3) is 1.32. The van der Waals surface area contributed by atoms with Crippen LogP contribution in [0.4, 0.5) is 0 Å². The maximum atomic E-state index is 10.7. The number of nitrogens with zero attached hydrogens (tertiary/aromatic N) is 1. The van der Waals surface area contributed by atoms with Crippen LogP contribution in [0, 0.1) is 15.8 Å². The third-order valence-electron chi connectivity index (χ3n) is 1.09. The van der Waals surface area contributed by atoms with E-state index in [1.165, 1.54) is 6.20 Å². The first-order valence-corrected chi connectivity index (χ1v) is 3.64. The molecule has 1 rings (SSSR count). The number of halogens is 1. The van der Waals surface area contributed by atoms with Gasteiger partial charge < -0.3 is 5.21 Å². The van der Waals surface area contributed by atoms with Crippen LogP contribution in [0.25, 0.3) is 0 Å². The molecule has 2 nitrogen and oxygen atoms in total. The van der Waals surface area contributed by atoms with E-state index in [0.29, 0.717) is 0 Å². The van der Waals surface area contributed by atoms with Crippen molar-refractivity contribution in [3.8, 4) is 0 Å². The first-order chi connectivity index (χ1) is 4.22. The van der Waals surface area contributed by atoms with Gasteiger partial charge in [0.05, 0.1) is 0 Å². The van der Waals surface area contributed by atoms with Gasteiger partial charge >= 0.3 is 0 Å². The fraction of sp³-hybridized carbons (Fsp3) is 0.167. The van der Waals surface area contributed by atoms with Gasteiger partial charge in [0.15, 0.2) is 6.20 Å². The molecule has 48 valence electrons. The summed E-state index contributed by atoms with van der Waals surface area (Å²) < 4.78 is 1.60. The van der Waals surface area contributed by atoms with Gasteiger partial charge in [-0.25, -0.2) is 0 Å². The summed E-state index contributed by atoms with van der Waals surface area (Å²) in [5.41, 5.74) is 1.02. The highest BCUT2D eigenvalue weighted by Gasteiger charge is 2.00. The van der Waals surface area contributed by atoms with Crippen molar-refractivity contribution < 1.29 is 4.73 Å². The molecule has 9 heavy (non-hydrogen) atoms. The lowest BCUT2D eigenvalue weighted by Crippen LogP contribution is -2.30. The molecule has 1 heterocycles. The van der Waals surface area contributed by atoms with Crippen molar-refractivity contribution in [1.82, 2.24) is 0 Å². The molecular weight excluding hydrogens is 229 g/mol. The van der Waals surface area contributed by atoms with Gasteiger partial charge in [-0.15, -0.1) is 0 Å². The second-order valence-corrected chi connectivity index (χ2v) is 2.83. The lowest BCUT2D eigenvalue weighted by Gasteiger charge is -1.98. The van der Waals surface area contributed by atoms with Crippen molar-refractivity contribution in [2.45, 2.75) is 6.92 Å². The molecule has 0 spiro atoms.